The van der Waals surface area contributed by atoms with Crippen LogP contribution in [0.5, 0.6) is 11.5 Å². The van der Waals surface area contributed by atoms with Crippen LogP contribution in [0.1, 0.15) is 37.0 Å². The van der Waals surface area contributed by atoms with E-state index in [1.807, 2.05) is 13.8 Å². The van der Waals surface area contributed by atoms with Crippen molar-refractivity contribution in [2.75, 3.05) is 33.9 Å². The molecule has 7 heteroatoms. The maximum absolute atomic E-state index is 12.7. The van der Waals surface area contributed by atoms with Crippen LogP contribution < -0.4 is 14.8 Å². The molecular formula is C19H28N2O5. The molecule has 1 aromatic carbocycles. The number of amides is 2. The van der Waals surface area contributed by atoms with E-state index in [-0.39, 0.29) is 18.0 Å². The first-order chi connectivity index (χ1) is 12.4. The summed E-state index contributed by atoms with van der Waals surface area (Å²) >= 11 is 0. The van der Waals surface area contributed by atoms with Crippen molar-refractivity contribution in [1.29, 1.82) is 0 Å². The highest BCUT2D eigenvalue weighted by Gasteiger charge is 2.25. The molecule has 1 saturated heterocycles. The second kappa shape index (κ2) is 9.31. The molecule has 26 heavy (non-hydrogen) atoms. The summed E-state index contributed by atoms with van der Waals surface area (Å²) in [6.07, 6.45) is 1.01. The Kier molecular flexibility index (Phi) is 7.12. The standard InChI is InChI=1S/C19H28N2O5/c1-13(2)12-26-19(23)20-15-5-7-21(8-6-15)18(22)14-9-16(24-3)11-17(10-14)25-4/h9-11,13,15H,5-8,12H2,1-4H3,(H,20,23). The van der Waals surface area contributed by atoms with E-state index in [9.17, 15) is 9.59 Å². The number of carbonyl (C=O) groups excluding carboxylic acids is 2. The summed E-state index contributed by atoms with van der Waals surface area (Å²) in [5.41, 5.74) is 0.531. The fourth-order valence-corrected chi connectivity index (χ4v) is 2.79. The van der Waals surface area contributed by atoms with Crippen LogP contribution in [0.25, 0.3) is 0 Å². The summed E-state index contributed by atoms with van der Waals surface area (Å²) in [6, 6.07) is 5.17. The average Bonchev–Trinajstić information content (AvgIpc) is 2.65. The van der Waals surface area contributed by atoms with E-state index in [2.05, 4.69) is 5.32 Å². The Balaban J connectivity index is 1.89. The molecule has 0 aliphatic carbocycles. The SMILES string of the molecule is COc1cc(OC)cc(C(=O)N2CCC(NC(=O)OCC(C)C)CC2)c1. The van der Waals surface area contributed by atoms with Gasteiger partial charge in [-0.2, -0.15) is 0 Å². The average molecular weight is 364 g/mol. The van der Waals surface area contributed by atoms with Crippen molar-refractivity contribution in [3.8, 4) is 11.5 Å². The van der Waals surface area contributed by atoms with E-state index in [0.717, 1.165) is 0 Å². The van der Waals surface area contributed by atoms with Crippen LogP contribution in [0.3, 0.4) is 0 Å². The molecule has 1 heterocycles. The van der Waals surface area contributed by atoms with Gasteiger partial charge in [0.05, 0.1) is 20.8 Å². The van der Waals surface area contributed by atoms with E-state index in [1.165, 1.54) is 0 Å². The first-order valence-electron chi connectivity index (χ1n) is 8.88. The highest BCUT2D eigenvalue weighted by atomic mass is 16.5. The smallest absolute Gasteiger partial charge is 0.407 e. The van der Waals surface area contributed by atoms with Crippen molar-refractivity contribution >= 4 is 12.0 Å². The lowest BCUT2D eigenvalue weighted by molar-refractivity contribution is 0.0699. The van der Waals surface area contributed by atoms with E-state index in [0.29, 0.717) is 55.5 Å². The van der Waals surface area contributed by atoms with Gasteiger partial charge >= 0.3 is 6.09 Å². The molecule has 1 aliphatic heterocycles. The second-order valence-corrected chi connectivity index (χ2v) is 6.80. The number of ether oxygens (including phenoxy) is 3. The predicted molar refractivity (Wildman–Crippen MR) is 97.8 cm³/mol. The Morgan fingerprint density at radius 1 is 1.12 bits per heavy atom. The minimum Gasteiger partial charge on any atom is -0.497 e. The zero-order valence-corrected chi connectivity index (χ0v) is 15.9. The van der Waals surface area contributed by atoms with Gasteiger partial charge in [0.15, 0.2) is 0 Å². The summed E-state index contributed by atoms with van der Waals surface area (Å²) in [5.74, 6) is 1.40. The molecule has 0 aromatic heterocycles. The van der Waals surface area contributed by atoms with Gasteiger partial charge in [0.25, 0.3) is 5.91 Å². The van der Waals surface area contributed by atoms with Gasteiger partial charge in [-0.05, 0) is 30.9 Å². The van der Waals surface area contributed by atoms with E-state index < -0.39 is 0 Å². The summed E-state index contributed by atoms with van der Waals surface area (Å²) < 4.78 is 15.6. The number of methoxy groups -OCH3 is 2. The lowest BCUT2D eigenvalue weighted by atomic mass is 10.0. The largest absolute Gasteiger partial charge is 0.497 e. The van der Waals surface area contributed by atoms with Crippen molar-refractivity contribution in [1.82, 2.24) is 10.2 Å². The van der Waals surface area contributed by atoms with Crippen LogP contribution in [0.2, 0.25) is 0 Å². The van der Waals surface area contributed by atoms with Gasteiger partial charge in [-0.1, -0.05) is 13.8 Å². The number of carbonyl (C=O) groups is 2. The van der Waals surface area contributed by atoms with Crippen LogP contribution in [0.4, 0.5) is 4.79 Å². The minimum absolute atomic E-state index is 0.0264. The third kappa shape index (κ3) is 5.54. The van der Waals surface area contributed by atoms with Gasteiger partial charge in [-0.25, -0.2) is 4.79 Å². The Morgan fingerprint density at radius 3 is 2.19 bits per heavy atom. The number of likely N-dealkylation sites (tertiary alicyclic amines) is 1. The lowest BCUT2D eigenvalue weighted by Gasteiger charge is -2.32. The molecule has 0 bridgehead atoms. The van der Waals surface area contributed by atoms with Crippen LogP contribution in [0, 0.1) is 5.92 Å². The molecule has 0 atom stereocenters. The minimum atomic E-state index is -0.388. The molecule has 0 radical (unpaired) electrons. The Hall–Kier alpha value is -2.44. The second-order valence-electron chi connectivity index (χ2n) is 6.80. The van der Waals surface area contributed by atoms with E-state index in [4.69, 9.17) is 14.2 Å². The molecule has 1 aromatic rings. The summed E-state index contributed by atoms with van der Waals surface area (Å²) in [6.45, 7) is 5.54. The molecule has 0 unspecified atom stereocenters. The Morgan fingerprint density at radius 2 is 1.69 bits per heavy atom. The number of hydrogen-bond acceptors (Lipinski definition) is 5. The number of rotatable bonds is 6. The molecule has 0 spiro atoms. The third-order valence-electron chi connectivity index (χ3n) is 4.25. The van der Waals surface area contributed by atoms with Crippen molar-refractivity contribution in [3.63, 3.8) is 0 Å². The number of hydrogen-bond donors (Lipinski definition) is 1. The van der Waals surface area contributed by atoms with Crippen molar-refractivity contribution in [2.45, 2.75) is 32.7 Å². The molecule has 7 nitrogen and oxygen atoms in total. The molecule has 1 fully saturated rings. The van der Waals surface area contributed by atoms with Crippen LogP contribution in [-0.4, -0.2) is 56.9 Å². The topological polar surface area (TPSA) is 77.1 Å². The molecule has 2 amide bonds. The molecule has 1 N–H and O–H groups in total. The van der Waals surface area contributed by atoms with E-state index >= 15 is 0 Å². The lowest BCUT2D eigenvalue weighted by Crippen LogP contribution is -2.46. The number of nitrogens with one attached hydrogen (secondary N) is 1. The fourth-order valence-electron chi connectivity index (χ4n) is 2.79. The highest BCUT2D eigenvalue weighted by Crippen LogP contribution is 2.24. The van der Waals surface area contributed by atoms with Gasteiger partial charge in [0.2, 0.25) is 0 Å². The quantitative estimate of drug-likeness (QED) is 0.840. The number of benzene rings is 1. The first kappa shape index (κ1) is 19.9. The monoisotopic (exact) mass is 364 g/mol. The fraction of sp³-hybridized carbons (Fsp3) is 0.579. The van der Waals surface area contributed by atoms with Crippen LogP contribution in [0.15, 0.2) is 18.2 Å². The van der Waals surface area contributed by atoms with Crippen LogP contribution in [-0.2, 0) is 4.74 Å². The Labute approximate surface area is 154 Å². The van der Waals surface area contributed by atoms with Gasteiger partial charge in [0.1, 0.15) is 11.5 Å². The van der Waals surface area contributed by atoms with E-state index in [1.54, 1.807) is 37.3 Å². The number of nitrogens with zero attached hydrogens (tertiary/aromatic N) is 1. The van der Waals surface area contributed by atoms with Gasteiger partial charge in [0, 0.05) is 30.8 Å². The van der Waals surface area contributed by atoms with Crippen molar-refractivity contribution in [3.05, 3.63) is 23.8 Å². The zero-order chi connectivity index (χ0) is 19.1. The molecule has 1 aliphatic rings. The predicted octanol–water partition coefficient (Wildman–Crippen LogP) is 2.69. The number of piperidine rings is 1. The van der Waals surface area contributed by atoms with Crippen molar-refractivity contribution in [2.24, 2.45) is 5.92 Å². The summed E-state index contributed by atoms with van der Waals surface area (Å²) in [5, 5.41) is 2.87. The van der Waals surface area contributed by atoms with Crippen LogP contribution >= 0.6 is 0 Å². The Bertz CT molecular complexity index is 602. The van der Waals surface area contributed by atoms with Gasteiger partial charge in [-0.15, -0.1) is 0 Å². The molecule has 144 valence electrons. The molecular weight excluding hydrogens is 336 g/mol. The number of alkyl carbamates (subject to hydrolysis) is 1. The summed E-state index contributed by atoms with van der Waals surface area (Å²) in [4.78, 5) is 26.3. The highest BCUT2D eigenvalue weighted by molar-refractivity contribution is 5.95. The third-order valence-corrected chi connectivity index (χ3v) is 4.25. The molecule has 0 saturated carbocycles. The normalized spacial score (nSPS) is 14.9. The molecule has 2 rings (SSSR count). The zero-order valence-electron chi connectivity index (χ0n) is 15.9. The van der Waals surface area contributed by atoms with Crippen molar-refractivity contribution < 1.29 is 23.8 Å². The van der Waals surface area contributed by atoms with Gasteiger partial charge in [-0.3, -0.25) is 4.79 Å². The maximum atomic E-state index is 12.7. The summed E-state index contributed by atoms with van der Waals surface area (Å²) in [7, 11) is 3.11. The first-order valence-corrected chi connectivity index (χ1v) is 8.88. The van der Waals surface area contributed by atoms with Gasteiger partial charge < -0.3 is 24.4 Å². The maximum Gasteiger partial charge on any atom is 0.407 e.